The molecule has 0 bridgehead atoms. The molecule has 1 aromatic carbocycles. The minimum atomic E-state index is 0.109. The molecule has 1 heterocycles. The molecule has 0 radical (unpaired) electrons. The van der Waals surface area contributed by atoms with Crippen LogP contribution < -0.4 is 5.32 Å². The molecule has 0 aliphatic heterocycles. The number of aromatic nitrogens is 2. The van der Waals surface area contributed by atoms with Gasteiger partial charge < -0.3 is 5.32 Å². The van der Waals surface area contributed by atoms with E-state index in [0.29, 0.717) is 0 Å². The molecule has 3 nitrogen and oxygen atoms in total. The minimum Gasteiger partial charge on any atom is -0.307 e. The second-order valence-electron chi connectivity index (χ2n) is 5.01. The van der Waals surface area contributed by atoms with Crippen molar-refractivity contribution in [3.63, 3.8) is 0 Å². The number of hydrogen-bond acceptors (Lipinski definition) is 4. The summed E-state index contributed by atoms with van der Waals surface area (Å²) in [6.45, 7) is 7.28. The molecule has 0 aliphatic rings. The van der Waals surface area contributed by atoms with E-state index in [4.69, 9.17) is 0 Å². The number of benzene rings is 1. The Hall–Kier alpha value is -1.26. The summed E-state index contributed by atoms with van der Waals surface area (Å²) < 4.78 is 4.05. The fourth-order valence-corrected chi connectivity index (χ4v) is 2.09. The van der Waals surface area contributed by atoms with Crippen LogP contribution in [0, 0.1) is 0 Å². The maximum absolute atomic E-state index is 4.22. The van der Waals surface area contributed by atoms with Crippen LogP contribution in [0.5, 0.6) is 0 Å². The standard InChI is InChI=1S/C13H17N3S/c1-13(2,3)14-9-11-12(15-16-17-11)10-7-5-4-6-8-10/h4-8,14H,9H2,1-3H3. The summed E-state index contributed by atoms with van der Waals surface area (Å²) in [5.74, 6) is 0. The average molecular weight is 247 g/mol. The molecule has 0 aliphatic carbocycles. The van der Waals surface area contributed by atoms with Crippen molar-refractivity contribution in [3.8, 4) is 11.3 Å². The zero-order chi connectivity index (χ0) is 12.3. The molecule has 0 saturated carbocycles. The zero-order valence-electron chi connectivity index (χ0n) is 10.4. The Bertz CT molecular complexity index is 471. The molecular weight excluding hydrogens is 230 g/mol. The number of nitrogens with zero attached hydrogens (tertiary/aromatic N) is 2. The molecule has 0 saturated heterocycles. The summed E-state index contributed by atoms with van der Waals surface area (Å²) in [5, 5.41) is 7.68. The van der Waals surface area contributed by atoms with Crippen molar-refractivity contribution in [1.82, 2.24) is 14.9 Å². The first-order valence-corrected chi connectivity index (χ1v) is 6.45. The van der Waals surface area contributed by atoms with Gasteiger partial charge in [-0.1, -0.05) is 34.8 Å². The van der Waals surface area contributed by atoms with Crippen LogP contribution in [0.4, 0.5) is 0 Å². The summed E-state index contributed by atoms with van der Waals surface area (Å²) >= 11 is 1.46. The molecule has 0 spiro atoms. The molecule has 4 heteroatoms. The van der Waals surface area contributed by atoms with Crippen LogP contribution in [-0.2, 0) is 6.54 Å². The van der Waals surface area contributed by atoms with Gasteiger partial charge in [0, 0.05) is 17.6 Å². The number of hydrogen-bond donors (Lipinski definition) is 1. The van der Waals surface area contributed by atoms with Crippen LogP contribution in [0.25, 0.3) is 11.3 Å². The first kappa shape index (κ1) is 12.2. The van der Waals surface area contributed by atoms with E-state index >= 15 is 0 Å². The van der Waals surface area contributed by atoms with Gasteiger partial charge in [-0.25, -0.2) is 0 Å². The van der Waals surface area contributed by atoms with Crippen LogP contribution in [0.3, 0.4) is 0 Å². The Kier molecular flexibility index (Phi) is 3.54. The molecule has 0 amide bonds. The van der Waals surface area contributed by atoms with Gasteiger partial charge in [-0.05, 0) is 32.3 Å². The Morgan fingerprint density at radius 2 is 1.88 bits per heavy atom. The monoisotopic (exact) mass is 247 g/mol. The molecular formula is C13H17N3S. The highest BCUT2D eigenvalue weighted by atomic mass is 32.1. The molecule has 90 valence electrons. The van der Waals surface area contributed by atoms with E-state index in [2.05, 4.69) is 47.8 Å². The lowest BCUT2D eigenvalue weighted by Gasteiger charge is -2.19. The summed E-state index contributed by atoms with van der Waals surface area (Å²) in [4.78, 5) is 1.19. The van der Waals surface area contributed by atoms with E-state index < -0.39 is 0 Å². The van der Waals surface area contributed by atoms with Crippen molar-refractivity contribution in [2.75, 3.05) is 0 Å². The number of rotatable bonds is 3. The van der Waals surface area contributed by atoms with E-state index in [9.17, 15) is 0 Å². The van der Waals surface area contributed by atoms with E-state index in [1.807, 2.05) is 18.2 Å². The van der Waals surface area contributed by atoms with Gasteiger partial charge in [-0.15, -0.1) is 5.10 Å². The highest BCUT2D eigenvalue weighted by molar-refractivity contribution is 7.05. The van der Waals surface area contributed by atoms with Crippen LogP contribution in [-0.4, -0.2) is 15.1 Å². The average Bonchev–Trinajstić information content (AvgIpc) is 2.75. The van der Waals surface area contributed by atoms with Crippen LogP contribution in [0.1, 0.15) is 25.6 Å². The lowest BCUT2D eigenvalue weighted by molar-refractivity contribution is 0.426. The summed E-state index contributed by atoms with van der Waals surface area (Å²) in [6, 6.07) is 10.2. The van der Waals surface area contributed by atoms with Gasteiger partial charge in [0.2, 0.25) is 0 Å². The first-order valence-electron chi connectivity index (χ1n) is 5.68. The molecule has 0 unspecified atom stereocenters. The van der Waals surface area contributed by atoms with Crippen LogP contribution >= 0.6 is 11.5 Å². The molecule has 0 fully saturated rings. The van der Waals surface area contributed by atoms with Gasteiger partial charge in [-0.3, -0.25) is 0 Å². The number of nitrogens with one attached hydrogen (secondary N) is 1. The molecule has 2 aromatic rings. The third kappa shape index (κ3) is 3.35. The third-order valence-electron chi connectivity index (χ3n) is 2.38. The van der Waals surface area contributed by atoms with Crippen molar-refractivity contribution in [1.29, 1.82) is 0 Å². The van der Waals surface area contributed by atoms with Crippen LogP contribution in [0.2, 0.25) is 0 Å². The van der Waals surface area contributed by atoms with Crippen molar-refractivity contribution >= 4 is 11.5 Å². The highest BCUT2D eigenvalue weighted by Gasteiger charge is 2.13. The van der Waals surface area contributed by atoms with Gasteiger partial charge in [-0.2, -0.15) is 0 Å². The second-order valence-corrected chi connectivity index (χ2v) is 5.85. The summed E-state index contributed by atoms with van der Waals surface area (Å²) in [6.07, 6.45) is 0. The fourth-order valence-electron chi connectivity index (χ4n) is 1.49. The molecule has 1 aromatic heterocycles. The predicted molar refractivity (Wildman–Crippen MR) is 71.9 cm³/mol. The maximum atomic E-state index is 4.22. The van der Waals surface area contributed by atoms with Crippen LogP contribution in [0.15, 0.2) is 30.3 Å². The summed E-state index contributed by atoms with van der Waals surface area (Å²) in [7, 11) is 0. The Balaban J connectivity index is 2.18. The molecule has 1 N–H and O–H groups in total. The largest absolute Gasteiger partial charge is 0.307 e. The fraction of sp³-hybridized carbons (Fsp3) is 0.385. The van der Waals surface area contributed by atoms with Gasteiger partial charge in [0.25, 0.3) is 0 Å². The van der Waals surface area contributed by atoms with Gasteiger partial charge >= 0.3 is 0 Å². The van der Waals surface area contributed by atoms with E-state index in [1.54, 1.807) is 0 Å². The molecule has 17 heavy (non-hydrogen) atoms. The molecule has 2 rings (SSSR count). The quantitative estimate of drug-likeness (QED) is 0.905. The molecule has 0 atom stereocenters. The van der Waals surface area contributed by atoms with Crippen molar-refractivity contribution in [2.45, 2.75) is 32.9 Å². The SMILES string of the molecule is CC(C)(C)NCc1snnc1-c1ccccc1. The Morgan fingerprint density at radius 3 is 2.53 bits per heavy atom. The van der Waals surface area contributed by atoms with E-state index in [1.165, 1.54) is 16.4 Å². The Labute approximate surface area is 106 Å². The highest BCUT2D eigenvalue weighted by Crippen LogP contribution is 2.23. The normalized spacial score (nSPS) is 11.7. The minimum absolute atomic E-state index is 0.109. The Morgan fingerprint density at radius 1 is 1.18 bits per heavy atom. The van der Waals surface area contributed by atoms with Gasteiger partial charge in [0.05, 0.1) is 4.88 Å². The van der Waals surface area contributed by atoms with E-state index in [0.717, 1.165) is 17.8 Å². The summed E-state index contributed by atoms with van der Waals surface area (Å²) in [5.41, 5.74) is 2.23. The van der Waals surface area contributed by atoms with Crippen molar-refractivity contribution in [3.05, 3.63) is 35.2 Å². The lowest BCUT2D eigenvalue weighted by atomic mass is 10.1. The smallest absolute Gasteiger partial charge is 0.110 e. The van der Waals surface area contributed by atoms with Crippen molar-refractivity contribution in [2.24, 2.45) is 0 Å². The second kappa shape index (κ2) is 4.94. The van der Waals surface area contributed by atoms with Gasteiger partial charge in [0.15, 0.2) is 0 Å². The zero-order valence-corrected chi connectivity index (χ0v) is 11.2. The van der Waals surface area contributed by atoms with Gasteiger partial charge in [0.1, 0.15) is 5.69 Å². The van der Waals surface area contributed by atoms with Crippen molar-refractivity contribution < 1.29 is 0 Å². The topological polar surface area (TPSA) is 37.8 Å². The lowest BCUT2D eigenvalue weighted by Crippen LogP contribution is -2.34. The predicted octanol–water partition coefficient (Wildman–Crippen LogP) is 3.09. The first-order chi connectivity index (χ1) is 8.06. The van der Waals surface area contributed by atoms with E-state index in [-0.39, 0.29) is 5.54 Å². The third-order valence-corrected chi connectivity index (χ3v) is 3.10. The maximum Gasteiger partial charge on any atom is 0.110 e.